The molecule has 0 saturated heterocycles. The average molecular weight is 260 g/mol. The molecule has 1 N–H and O–H groups in total. The highest BCUT2D eigenvalue weighted by Gasteiger charge is 2.15. The normalized spacial score (nSPS) is 10.6. The van der Waals surface area contributed by atoms with E-state index in [9.17, 15) is 4.79 Å². The Kier molecular flexibility index (Phi) is 3.34. The summed E-state index contributed by atoms with van der Waals surface area (Å²) in [7, 11) is 0. The molecule has 0 spiro atoms. The van der Waals surface area contributed by atoms with Gasteiger partial charge in [0.15, 0.2) is 5.16 Å². The first-order valence-electron chi connectivity index (χ1n) is 5.50. The first-order chi connectivity index (χ1) is 8.62. The number of nitrogens with one attached hydrogen (secondary N) is 1. The lowest BCUT2D eigenvalue weighted by atomic mass is 10.0. The van der Waals surface area contributed by atoms with Gasteiger partial charge in [-0.05, 0) is 25.2 Å². The fourth-order valence-corrected chi connectivity index (χ4v) is 2.40. The van der Waals surface area contributed by atoms with Crippen LogP contribution in [-0.2, 0) is 6.42 Å². The van der Waals surface area contributed by atoms with E-state index in [1.54, 1.807) is 0 Å². The van der Waals surface area contributed by atoms with Gasteiger partial charge in [0.2, 0.25) is 0 Å². The average Bonchev–Trinajstić information content (AvgIpc) is 2.36. The Bertz CT molecular complexity index is 715. The molecule has 0 amide bonds. The van der Waals surface area contributed by atoms with Gasteiger partial charge >= 0.3 is 0 Å². The predicted molar refractivity (Wildman–Crippen MR) is 70.8 cm³/mol. The minimum Gasteiger partial charge on any atom is -0.305 e. The summed E-state index contributed by atoms with van der Waals surface area (Å²) < 4.78 is 0. The van der Waals surface area contributed by atoms with Crippen molar-refractivity contribution in [1.29, 1.82) is 5.26 Å². The molecule has 0 bridgehead atoms. The van der Waals surface area contributed by atoms with Crippen LogP contribution < -0.4 is 5.56 Å². The number of aromatic amines is 1. The zero-order valence-electron chi connectivity index (χ0n) is 10.4. The number of nitrogens with zero attached hydrogens (tertiary/aromatic N) is 3. The van der Waals surface area contributed by atoms with Crippen molar-refractivity contribution in [3.8, 4) is 6.07 Å². The van der Waals surface area contributed by atoms with Gasteiger partial charge in [-0.25, -0.2) is 9.97 Å². The molecule has 0 radical (unpaired) electrons. The monoisotopic (exact) mass is 260 g/mol. The Balaban J connectivity index is 2.99. The van der Waals surface area contributed by atoms with E-state index in [1.807, 2.05) is 26.2 Å². The van der Waals surface area contributed by atoms with Crippen LogP contribution in [0.4, 0.5) is 0 Å². The number of aromatic nitrogens is 3. The second kappa shape index (κ2) is 4.78. The highest BCUT2D eigenvalue weighted by Crippen LogP contribution is 2.22. The zero-order valence-corrected chi connectivity index (χ0v) is 11.2. The number of hydrogen-bond donors (Lipinski definition) is 1. The summed E-state index contributed by atoms with van der Waals surface area (Å²) in [5.74, 6) is 0. The standard InChI is InChI=1S/C12H12N4OS/c1-4-7-8(5-13)11(17)15-10-9(7)6(2)14-12(16-10)18-3/h4H2,1-3H3,(H,14,15,16,17). The summed E-state index contributed by atoms with van der Waals surface area (Å²) >= 11 is 1.42. The maximum absolute atomic E-state index is 11.8. The first-order valence-corrected chi connectivity index (χ1v) is 6.72. The molecule has 6 heteroatoms. The summed E-state index contributed by atoms with van der Waals surface area (Å²) in [5.41, 5.74) is 1.80. The van der Waals surface area contributed by atoms with Gasteiger partial charge in [0.05, 0.1) is 5.69 Å². The van der Waals surface area contributed by atoms with Crippen LogP contribution in [-0.4, -0.2) is 21.2 Å². The third kappa shape index (κ3) is 1.87. The van der Waals surface area contributed by atoms with Gasteiger partial charge < -0.3 is 4.98 Å². The number of H-pyrrole nitrogens is 1. The van der Waals surface area contributed by atoms with Gasteiger partial charge in [0.1, 0.15) is 17.3 Å². The van der Waals surface area contributed by atoms with Crippen LogP contribution in [0.2, 0.25) is 0 Å². The van der Waals surface area contributed by atoms with E-state index < -0.39 is 0 Å². The van der Waals surface area contributed by atoms with Crippen molar-refractivity contribution in [3.63, 3.8) is 0 Å². The summed E-state index contributed by atoms with van der Waals surface area (Å²) in [4.78, 5) is 23.1. The number of aryl methyl sites for hydroxylation is 2. The third-order valence-electron chi connectivity index (χ3n) is 2.78. The molecule has 0 fully saturated rings. The highest BCUT2D eigenvalue weighted by molar-refractivity contribution is 7.98. The molecule has 92 valence electrons. The van der Waals surface area contributed by atoms with Crippen LogP contribution in [0.25, 0.3) is 11.0 Å². The van der Waals surface area contributed by atoms with Crippen molar-refractivity contribution < 1.29 is 0 Å². The molecule has 2 aromatic rings. The molecule has 0 atom stereocenters. The summed E-state index contributed by atoms with van der Waals surface area (Å²) in [6.07, 6.45) is 2.48. The van der Waals surface area contributed by atoms with Crippen LogP contribution in [0, 0.1) is 18.3 Å². The molecule has 0 aliphatic carbocycles. The quantitative estimate of drug-likeness (QED) is 0.657. The molecule has 18 heavy (non-hydrogen) atoms. The molecule has 0 saturated carbocycles. The van der Waals surface area contributed by atoms with Gasteiger partial charge in [-0.1, -0.05) is 18.7 Å². The Hall–Kier alpha value is -1.87. The number of rotatable bonds is 2. The lowest BCUT2D eigenvalue weighted by Crippen LogP contribution is -2.15. The molecule has 2 rings (SSSR count). The summed E-state index contributed by atoms with van der Waals surface area (Å²) in [5, 5.41) is 10.5. The first kappa shape index (κ1) is 12.6. The van der Waals surface area contributed by atoms with Gasteiger partial charge in [-0.15, -0.1) is 0 Å². The Morgan fingerprint density at radius 3 is 2.72 bits per heavy atom. The lowest BCUT2D eigenvalue weighted by molar-refractivity contribution is 0.946. The van der Waals surface area contributed by atoms with E-state index in [0.717, 1.165) is 16.6 Å². The van der Waals surface area contributed by atoms with Crippen molar-refractivity contribution >= 4 is 22.8 Å². The third-order valence-corrected chi connectivity index (χ3v) is 3.33. The van der Waals surface area contributed by atoms with E-state index in [4.69, 9.17) is 5.26 Å². The molecular formula is C12H12N4OS. The van der Waals surface area contributed by atoms with E-state index in [2.05, 4.69) is 15.0 Å². The van der Waals surface area contributed by atoms with Crippen LogP contribution >= 0.6 is 11.8 Å². The van der Waals surface area contributed by atoms with Crippen LogP contribution in [0.3, 0.4) is 0 Å². The fraction of sp³-hybridized carbons (Fsp3) is 0.333. The Labute approximate surface area is 108 Å². The topological polar surface area (TPSA) is 82.4 Å². The Morgan fingerprint density at radius 2 is 2.17 bits per heavy atom. The van der Waals surface area contributed by atoms with Crippen molar-refractivity contribution in [2.24, 2.45) is 0 Å². The minimum atomic E-state index is -0.382. The van der Waals surface area contributed by atoms with Crippen molar-refractivity contribution in [3.05, 3.63) is 27.2 Å². The van der Waals surface area contributed by atoms with Crippen LogP contribution in [0.15, 0.2) is 9.95 Å². The highest BCUT2D eigenvalue weighted by atomic mass is 32.2. The number of pyridine rings is 1. The lowest BCUT2D eigenvalue weighted by Gasteiger charge is -2.09. The number of hydrogen-bond acceptors (Lipinski definition) is 5. The fourth-order valence-electron chi connectivity index (χ4n) is 1.99. The smallest absolute Gasteiger partial charge is 0.267 e. The maximum Gasteiger partial charge on any atom is 0.267 e. The molecular weight excluding hydrogens is 248 g/mol. The predicted octanol–water partition coefficient (Wildman–Crippen LogP) is 1.78. The molecule has 2 heterocycles. The van der Waals surface area contributed by atoms with Crippen LogP contribution in [0.1, 0.15) is 23.7 Å². The number of fused-ring (bicyclic) bond motifs is 1. The molecule has 2 aromatic heterocycles. The molecule has 0 aliphatic rings. The second-order valence-electron chi connectivity index (χ2n) is 3.79. The van der Waals surface area contributed by atoms with Gasteiger partial charge in [0, 0.05) is 5.39 Å². The zero-order chi connectivity index (χ0) is 13.3. The minimum absolute atomic E-state index is 0.161. The SMILES string of the molecule is CCc1c(C#N)c(=O)[nH]c2nc(SC)nc(C)c12. The molecule has 0 aromatic carbocycles. The summed E-state index contributed by atoms with van der Waals surface area (Å²) in [6.45, 7) is 3.78. The second-order valence-corrected chi connectivity index (χ2v) is 4.57. The van der Waals surface area contributed by atoms with E-state index in [1.165, 1.54) is 11.8 Å². The van der Waals surface area contributed by atoms with E-state index >= 15 is 0 Å². The van der Waals surface area contributed by atoms with Gasteiger partial charge in [0.25, 0.3) is 5.56 Å². The largest absolute Gasteiger partial charge is 0.305 e. The van der Waals surface area contributed by atoms with Gasteiger partial charge in [-0.3, -0.25) is 4.79 Å². The molecule has 0 aliphatic heterocycles. The summed E-state index contributed by atoms with van der Waals surface area (Å²) in [6, 6.07) is 1.96. The Morgan fingerprint density at radius 1 is 1.44 bits per heavy atom. The molecule has 0 unspecified atom stereocenters. The number of nitriles is 1. The van der Waals surface area contributed by atoms with Crippen molar-refractivity contribution in [2.45, 2.75) is 25.4 Å². The van der Waals surface area contributed by atoms with E-state index in [0.29, 0.717) is 17.2 Å². The van der Waals surface area contributed by atoms with Gasteiger partial charge in [-0.2, -0.15) is 5.26 Å². The van der Waals surface area contributed by atoms with Crippen molar-refractivity contribution in [1.82, 2.24) is 15.0 Å². The van der Waals surface area contributed by atoms with E-state index in [-0.39, 0.29) is 11.1 Å². The molecule has 5 nitrogen and oxygen atoms in total. The van der Waals surface area contributed by atoms with Crippen LogP contribution in [0.5, 0.6) is 0 Å². The maximum atomic E-state index is 11.8. The van der Waals surface area contributed by atoms with Crippen molar-refractivity contribution in [2.75, 3.05) is 6.26 Å². The number of thioether (sulfide) groups is 1.